The number of nitrogens with two attached hydrogens (primary N) is 2. The Morgan fingerprint density at radius 2 is 1.00 bits per heavy atom. The van der Waals surface area contributed by atoms with Crippen molar-refractivity contribution in [2.75, 3.05) is 0 Å². The molecule has 0 atom stereocenters. The smallest absolute Gasteiger partial charge is 0.229 e. The number of allylic oxidation sites excluding steroid dienone is 4. The van der Waals surface area contributed by atoms with Crippen molar-refractivity contribution in [1.82, 2.24) is 21.7 Å². The molecule has 2 aliphatic carbocycles. The summed E-state index contributed by atoms with van der Waals surface area (Å²) in [4.78, 5) is 26.9. The largest absolute Gasteiger partial charge is 0.507 e. The number of hydrogen-bond acceptors (Lipinski definition) is 10. The summed E-state index contributed by atoms with van der Waals surface area (Å²) in [6.07, 6.45) is 2.46. The van der Waals surface area contributed by atoms with Gasteiger partial charge in [-0.2, -0.15) is 0 Å². The molecule has 4 rings (SSSR count). The number of Topliss-reactive ketones (excluding diaryl/α,β-unsaturated/α-hetero) is 2. The summed E-state index contributed by atoms with van der Waals surface area (Å²) in [5.41, 5.74) is 24.2. The number of aromatic hydroxyl groups is 2. The molecule has 0 unspecified atom stereocenters. The van der Waals surface area contributed by atoms with Gasteiger partial charge in [0.25, 0.3) is 0 Å². The van der Waals surface area contributed by atoms with Crippen molar-refractivity contribution in [3.63, 3.8) is 0 Å². The van der Waals surface area contributed by atoms with E-state index in [9.17, 15) is 30.0 Å². The first-order valence-corrected chi connectivity index (χ1v) is 15.1. The predicted octanol–water partition coefficient (Wildman–Crippen LogP) is 3.75. The molecular formula is C32H36N6O6S2. The van der Waals surface area contributed by atoms with Gasteiger partial charge in [0.05, 0.1) is 11.1 Å². The van der Waals surface area contributed by atoms with E-state index >= 15 is 0 Å². The summed E-state index contributed by atoms with van der Waals surface area (Å²) in [6.45, 7) is 10.7. The molecule has 12 N–H and O–H groups in total. The van der Waals surface area contributed by atoms with Gasteiger partial charge in [-0.15, -0.1) is 0 Å². The number of thiocarbonyl (C=S) groups is 2. The fourth-order valence-electron chi connectivity index (χ4n) is 5.99. The second kappa shape index (κ2) is 12.7. The maximum atomic E-state index is 13.5. The van der Waals surface area contributed by atoms with E-state index in [0.717, 1.165) is 0 Å². The molecule has 0 fully saturated rings. The Bertz CT molecular complexity index is 1720. The lowest BCUT2D eigenvalue weighted by Gasteiger charge is -2.29. The van der Waals surface area contributed by atoms with E-state index < -0.39 is 23.1 Å². The minimum absolute atomic E-state index is 0.0896. The average Bonchev–Trinajstić information content (AvgIpc) is 2.94. The highest BCUT2D eigenvalue weighted by Gasteiger charge is 2.38. The Kier molecular flexibility index (Phi) is 9.36. The van der Waals surface area contributed by atoms with Crippen LogP contribution in [0.25, 0.3) is 33.4 Å². The number of aliphatic hydroxyl groups is 2. The molecule has 0 radical (unpaired) electrons. The van der Waals surface area contributed by atoms with E-state index in [1.54, 1.807) is 26.0 Å². The zero-order chi connectivity index (χ0) is 34.4. The van der Waals surface area contributed by atoms with Gasteiger partial charge >= 0.3 is 0 Å². The highest BCUT2D eigenvalue weighted by atomic mass is 32.1. The van der Waals surface area contributed by atoms with Crippen LogP contribution in [0.4, 0.5) is 0 Å². The van der Waals surface area contributed by atoms with Crippen molar-refractivity contribution >= 4 is 68.5 Å². The van der Waals surface area contributed by atoms with E-state index in [2.05, 4.69) is 21.7 Å². The number of aliphatic hydroxyl groups excluding tert-OH is 2. The number of ketones is 2. The van der Waals surface area contributed by atoms with Gasteiger partial charge in [-0.3, -0.25) is 20.4 Å². The van der Waals surface area contributed by atoms with Crippen LogP contribution in [-0.4, -0.2) is 42.2 Å². The maximum Gasteiger partial charge on any atom is 0.229 e. The van der Waals surface area contributed by atoms with Crippen molar-refractivity contribution in [2.24, 2.45) is 23.3 Å². The lowest BCUT2D eigenvalue weighted by molar-refractivity contribution is -0.113. The van der Waals surface area contributed by atoms with Gasteiger partial charge in [0.2, 0.25) is 11.6 Å². The molecular weight excluding hydrogens is 629 g/mol. The zero-order valence-electron chi connectivity index (χ0n) is 26.0. The number of rotatable bonds is 7. The molecule has 2 aromatic rings. The molecule has 2 aliphatic rings. The number of aryl methyl sites for hydroxylation is 2. The maximum absolute atomic E-state index is 13.5. The summed E-state index contributed by atoms with van der Waals surface area (Å²) < 4.78 is 0. The van der Waals surface area contributed by atoms with Crippen LogP contribution in [0.15, 0.2) is 36.1 Å². The molecule has 14 heteroatoms. The van der Waals surface area contributed by atoms with E-state index in [1.165, 1.54) is 12.4 Å². The summed E-state index contributed by atoms with van der Waals surface area (Å²) >= 11 is 9.65. The van der Waals surface area contributed by atoms with Crippen molar-refractivity contribution in [1.29, 1.82) is 0 Å². The Labute approximate surface area is 276 Å². The molecule has 0 heterocycles. The molecule has 0 bridgehead atoms. The Hall–Kier alpha value is -5.08. The molecule has 0 spiro atoms. The Morgan fingerprint density at radius 3 is 1.28 bits per heavy atom. The summed E-state index contributed by atoms with van der Waals surface area (Å²) in [5.74, 6) is -3.73. The van der Waals surface area contributed by atoms with Crippen LogP contribution in [0, 0.1) is 25.7 Å². The second-order valence-corrected chi connectivity index (χ2v) is 12.4. The Balaban J connectivity index is 2.11. The van der Waals surface area contributed by atoms with E-state index in [-0.39, 0.29) is 67.0 Å². The number of carbonyl (C=O) groups is 2. The van der Waals surface area contributed by atoms with Crippen LogP contribution in [0.1, 0.15) is 61.1 Å². The van der Waals surface area contributed by atoms with Crippen LogP contribution in [-0.2, 0) is 9.59 Å². The monoisotopic (exact) mass is 664 g/mol. The first-order chi connectivity index (χ1) is 21.5. The first-order valence-electron chi connectivity index (χ1n) is 14.2. The minimum Gasteiger partial charge on any atom is -0.507 e. The van der Waals surface area contributed by atoms with Crippen molar-refractivity contribution in [3.05, 3.63) is 69.4 Å². The third-order valence-electron chi connectivity index (χ3n) is 7.77. The molecule has 0 aliphatic heterocycles. The van der Waals surface area contributed by atoms with Crippen LogP contribution in [0.3, 0.4) is 0 Å². The van der Waals surface area contributed by atoms with Crippen LogP contribution >= 0.6 is 24.4 Å². The standard InChI is InChI=1S/C32H36N6O6S2/c1-11(2)19-15-7-13(5)21(27(41)23(15)17(25(39)29(19)43)9-35-37-31(33)45)22-14(6)8-16-20(12(3)4)30(44)26(40)18(24(16)28(22)42)10-36-38-32(34)46/h7-12,35-36,41-44H,1-6H3,(H3,33,37,45)(H3,34,38,46)/b17-9+,18-10+. The zero-order valence-corrected chi connectivity index (χ0v) is 27.7. The highest BCUT2D eigenvalue weighted by molar-refractivity contribution is 7.80. The number of hydrazine groups is 2. The number of benzene rings is 2. The number of phenolic OH excluding ortho intramolecular Hbond substituents is 2. The highest BCUT2D eigenvalue weighted by Crippen LogP contribution is 2.53. The van der Waals surface area contributed by atoms with Crippen molar-refractivity contribution in [2.45, 2.75) is 41.5 Å². The third-order valence-corrected chi connectivity index (χ3v) is 7.98. The van der Waals surface area contributed by atoms with E-state index in [1.807, 2.05) is 27.7 Å². The first kappa shape index (κ1) is 33.8. The number of carbonyl (C=O) groups excluding carboxylic acids is 2. The van der Waals surface area contributed by atoms with Gasteiger partial charge in [0.15, 0.2) is 21.7 Å². The predicted molar refractivity (Wildman–Crippen MR) is 186 cm³/mol. The number of nitrogens with one attached hydrogen (secondary N) is 4. The summed E-state index contributed by atoms with van der Waals surface area (Å²) in [5, 5.41) is 45.7. The second-order valence-electron chi connectivity index (χ2n) is 11.6. The topological polar surface area (TPSA) is 215 Å². The number of phenols is 2. The van der Waals surface area contributed by atoms with Gasteiger partial charge in [-0.1, -0.05) is 39.8 Å². The minimum atomic E-state index is -0.751. The fourth-order valence-corrected chi connectivity index (χ4v) is 6.10. The van der Waals surface area contributed by atoms with E-state index in [4.69, 9.17) is 35.9 Å². The fraction of sp³-hybridized carbons (Fsp3) is 0.250. The number of fused-ring (bicyclic) bond motifs is 2. The van der Waals surface area contributed by atoms with Crippen LogP contribution < -0.4 is 33.2 Å². The molecule has 0 saturated carbocycles. The molecule has 0 amide bonds. The lowest BCUT2D eigenvalue weighted by Crippen LogP contribution is -2.38. The summed E-state index contributed by atoms with van der Waals surface area (Å²) in [6, 6.07) is 3.44. The molecule has 242 valence electrons. The lowest BCUT2D eigenvalue weighted by atomic mass is 9.75. The molecule has 12 nitrogen and oxygen atoms in total. The van der Waals surface area contributed by atoms with Gasteiger partial charge in [-0.25, -0.2) is 0 Å². The van der Waals surface area contributed by atoms with Crippen LogP contribution in [0.5, 0.6) is 11.5 Å². The van der Waals surface area contributed by atoms with Gasteiger partial charge in [0.1, 0.15) is 11.5 Å². The van der Waals surface area contributed by atoms with Gasteiger partial charge in [-0.05, 0) is 72.4 Å². The average molecular weight is 665 g/mol. The SMILES string of the molecule is Cc1cc2c(c(O)c1-c1c(C)cc3c(c1O)/C(=C\NNC(N)=S)C(=O)C(O)=C3C(C)C)/C(=C\NNC(N)=S)C(=O)C(O)=C2C(C)C. The molecule has 46 heavy (non-hydrogen) atoms. The summed E-state index contributed by atoms with van der Waals surface area (Å²) in [7, 11) is 0. The molecule has 2 aromatic carbocycles. The quantitative estimate of drug-likeness (QED) is 0.116. The third kappa shape index (κ3) is 5.72. The van der Waals surface area contributed by atoms with Gasteiger partial charge in [0, 0.05) is 45.8 Å². The number of hydrogen-bond donors (Lipinski definition) is 10. The van der Waals surface area contributed by atoms with Crippen molar-refractivity contribution < 1.29 is 30.0 Å². The van der Waals surface area contributed by atoms with E-state index in [0.29, 0.717) is 33.4 Å². The van der Waals surface area contributed by atoms with Crippen molar-refractivity contribution in [3.8, 4) is 22.6 Å². The normalized spacial score (nSPS) is 16.3. The van der Waals surface area contributed by atoms with Crippen LogP contribution in [0.2, 0.25) is 0 Å². The Morgan fingerprint density at radius 1 is 0.674 bits per heavy atom. The van der Waals surface area contributed by atoms with Gasteiger partial charge < -0.3 is 42.7 Å². The molecule has 0 aromatic heterocycles. The molecule has 0 saturated heterocycles.